The fraction of sp³-hybridized carbons (Fsp3) is 0.278. The highest BCUT2D eigenvalue weighted by atomic mass is 16.5. The second-order valence-corrected chi connectivity index (χ2v) is 5.78. The summed E-state index contributed by atoms with van der Waals surface area (Å²) in [5.41, 5.74) is 1.57. The molecule has 1 aliphatic carbocycles. The van der Waals surface area contributed by atoms with Crippen LogP contribution in [0.3, 0.4) is 0 Å². The predicted molar refractivity (Wildman–Crippen MR) is 87.5 cm³/mol. The lowest BCUT2D eigenvalue weighted by Crippen LogP contribution is -2.41. The van der Waals surface area contributed by atoms with E-state index >= 15 is 0 Å². The number of rotatable bonds is 6. The molecule has 6 heteroatoms. The van der Waals surface area contributed by atoms with Crippen molar-refractivity contribution < 1.29 is 19.4 Å². The number of carbonyl (C=O) groups is 2. The van der Waals surface area contributed by atoms with E-state index < -0.39 is 17.8 Å². The number of hydrogen-bond donors (Lipinski definition) is 2. The number of aliphatic carboxylic acids is 1. The van der Waals surface area contributed by atoms with Crippen LogP contribution in [-0.2, 0) is 16.2 Å². The molecule has 0 radical (unpaired) electrons. The Bertz CT molecular complexity index is 716. The first-order valence-corrected chi connectivity index (χ1v) is 7.80. The summed E-state index contributed by atoms with van der Waals surface area (Å²) in [5.74, 6) is -1.76. The van der Waals surface area contributed by atoms with Gasteiger partial charge in [-0.2, -0.15) is 0 Å². The molecule has 0 bridgehead atoms. The summed E-state index contributed by atoms with van der Waals surface area (Å²) in [6.45, 7) is 0.419. The summed E-state index contributed by atoms with van der Waals surface area (Å²) < 4.78 is 5.58. The van der Waals surface area contributed by atoms with Gasteiger partial charge in [0.1, 0.15) is 6.61 Å². The fourth-order valence-electron chi connectivity index (χ4n) is 2.62. The van der Waals surface area contributed by atoms with E-state index in [1.807, 2.05) is 30.3 Å². The van der Waals surface area contributed by atoms with Crippen LogP contribution in [0.1, 0.15) is 18.4 Å². The Hall–Kier alpha value is -2.89. The largest absolute Gasteiger partial charge is 0.481 e. The van der Waals surface area contributed by atoms with Crippen LogP contribution in [0.2, 0.25) is 0 Å². The monoisotopic (exact) mass is 326 g/mol. The number of nitrogens with zero attached hydrogens (tertiary/aromatic N) is 1. The van der Waals surface area contributed by atoms with Crippen LogP contribution in [0.4, 0.5) is 5.69 Å². The first-order chi connectivity index (χ1) is 11.6. The Labute approximate surface area is 139 Å². The van der Waals surface area contributed by atoms with Gasteiger partial charge in [0.15, 0.2) is 0 Å². The van der Waals surface area contributed by atoms with E-state index in [4.69, 9.17) is 9.84 Å². The molecule has 1 fully saturated rings. The van der Waals surface area contributed by atoms with Crippen molar-refractivity contribution in [3.8, 4) is 5.88 Å². The van der Waals surface area contributed by atoms with Crippen molar-refractivity contribution in [1.29, 1.82) is 0 Å². The zero-order chi connectivity index (χ0) is 16.9. The van der Waals surface area contributed by atoms with Crippen molar-refractivity contribution >= 4 is 17.6 Å². The number of amides is 1. The Morgan fingerprint density at radius 2 is 1.88 bits per heavy atom. The quantitative estimate of drug-likeness (QED) is 0.852. The van der Waals surface area contributed by atoms with Gasteiger partial charge < -0.3 is 15.2 Å². The van der Waals surface area contributed by atoms with Crippen molar-refractivity contribution in [2.75, 3.05) is 5.32 Å². The maximum absolute atomic E-state index is 12.1. The number of carbonyl (C=O) groups excluding carboxylic acids is 1. The molecule has 0 unspecified atom stereocenters. The van der Waals surface area contributed by atoms with Crippen LogP contribution < -0.4 is 10.1 Å². The molecule has 3 rings (SSSR count). The average Bonchev–Trinajstić information content (AvgIpc) is 2.53. The van der Waals surface area contributed by atoms with Crippen LogP contribution in [0, 0.1) is 11.8 Å². The van der Waals surface area contributed by atoms with Gasteiger partial charge in [-0.1, -0.05) is 30.3 Å². The van der Waals surface area contributed by atoms with Crippen LogP contribution in [0.25, 0.3) is 0 Å². The lowest BCUT2D eigenvalue weighted by atomic mass is 9.73. The Balaban J connectivity index is 1.53. The van der Waals surface area contributed by atoms with Crippen LogP contribution in [-0.4, -0.2) is 22.0 Å². The number of pyridine rings is 1. The highest BCUT2D eigenvalue weighted by Gasteiger charge is 2.41. The van der Waals surface area contributed by atoms with Crippen LogP contribution in [0.15, 0.2) is 48.7 Å². The van der Waals surface area contributed by atoms with Gasteiger partial charge in [-0.25, -0.2) is 4.98 Å². The number of anilines is 1. The topological polar surface area (TPSA) is 88.5 Å². The van der Waals surface area contributed by atoms with E-state index in [1.54, 1.807) is 12.1 Å². The summed E-state index contributed by atoms with van der Waals surface area (Å²) in [4.78, 5) is 27.2. The second-order valence-electron chi connectivity index (χ2n) is 5.78. The smallest absolute Gasteiger partial charge is 0.307 e. The zero-order valence-corrected chi connectivity index (χ0v) is 13.0. The molecule has 2 aromatic rings. The number of hydrogen-bond acceptors (Lipinski definition) is 4. The molecule has 6 nitrogen and oxygen atoms in total. The Kier molecular flexibility index (Phi) is 4.74. The van der Waals surface area contributed by atoms with Gasteiger partial charge in [0, 0.05) is 6.07 Å². The molecule has 24 heavy (non-hydrogen) atoms. The van der Waals surface area contributed by atoms with Gasteiger partial charge in [0.2, 0.25) is 11.8 Å². The SMILES string of the molecule is O=C(Nc1ccc(OCc2ccccc2)nc1)[C@H]1CC[C@H]1C(=O)O. The van der Waals surface area contributed by atoms with Crippen LogP contribution >= 0.6 is 0 Å². The Morgan fingerprint density at radius 1 is 1.12 bits per heavy atom. The molecule has 0 spiro atoms. The first-order valence-electron chi connectivity index (χ1n) is 7.80. The standard InChI is InChI=1S/C18H18N2O4/c21-17(14-7-8-15(14)18(22)23)20-13-6-9-16(19-10-13)24-11-12-4-2-1-3-5-12/h1-6,9-10,14-15H,7-8,11H2,(H,20,21)(H,22,23)/t14-,15+/m0/s1. The highest BCUT2D eigenvalue weighted by molar-refractivity contribution is 5.95. The van der Waals surface area contributed by atoms with Crippen molar-refractivity contribution in [2.24, 2.45) is 11.8 Å². The fourth-order valence-corrected chi connectivity index (χ4v) is 2.62. The van der Waals surface area contributed by atoms with E-state index in [0.717, 1.165) is 5.56 Å². The normalized spacial score (nSPS) is 19.2. The van der Waals surface area contributed by atoms with Crippen molar-refractivity contribution in [3.63, 3.8) is 0 Å². The van der Waals surface area contributed by atoms with Gasteiger partial charge in [-0.05, 0) is 24.5 Å². The van der Waals surface area contributed by atoms with Gasteiger partial charge >= 0.3 is 5.97 Å². The summed E-state index contributed by atoms with van der Waals surface area (Å²) in [7, 11) is 0. The van der Waals surface area contributed by atoms with E-state index in [1.165, 1.54) is 6.20 Å². The average molecular weight is 326 g/mol. The molecule has 1 aromatic carbocycles. The van der Waals surface area contributed by atoms with Crippen molar-refractivity contribution in [3.05, 3.63) is 54.2 Å². The summed E-state index contributed by atoms with van der Waals surface area (Å²) in [5, 5.41) is 11.7. The minimum Gasteiger partial charge on any atom is -0.481 e. The molecule has 1 amide bonds. The van der Waals surface area contributed by atoms with Gasteiger partial charge in [0.25, 0.3) is 0 Å². The third-order valence-corrected chi connectivity index (χ3v) is 4.16. The third kappa shape index (κ3) is 3.71. The number of benzene rings is 1. The maximum atomic E-state index is 12.1. The minimum absolute atomic E-state index is 0.270. The molecule has 2 atom stereocenters. The molecule has 0 aliphatic heterocycles. The molecular formula is C18H18N2O4. The molecule has 1 aliphatic rings. The summed E-state index contributed by atoms with van der Waals surface area (Å²) >= 11 is 0. The predicted octanol–water partition coefficient (Wildman–Crippen LogP) is 2.71. The Morgan fingerprint density at radius 3 is 2.46 bits per heavy atom. The minimum atomic E-state index is -0.913. The zero-order valence-electron chi connectivity index (χ0n) is 13.0. The van der Waals surface area contributed by atoms with E-state index in [2.05, 4.69) is 10.3 Å². The second kappa shape index (κ2) is 7.12. The highest BCUT2D eigenvalue weighted by Crippen LogP contribution is 2.35. The summed E-state index contributed by atoms with van der Waals surface area (Å²) in [6.07, 6.45) is 2.67. The molecule has 124 valence electrons. The van der Waals surface area contributed by atoms with Gasteiger partial charge in [-0.3, -0.25) is 9.59 Å². The first kappa shape index (κ1) is 16.0. The summed E-state index contributed by atoms with van der Waals surface area (Å²) in [6, 6.07) is 13.1. The molecule has 2 N–H and O–H groups in total. The van der Waals surface area contributed by atoms with E-state index in [-0.39, 0.29) is 5.91 Å². The number of carboxylic acids is 1. The van der Waals surface area contributed by atoms with E-state index in [9.17, 15) is 9.59 Å². The molecule has 1 aromatic heterocycles. The lowest BCUT2D eigenvalue weighted by molar-refractivity contribution is -0.151. The van der Waals surface area contributed by atoms with Gasteiger partial charge in [0.05, 0.1) is 23.7 Å². The number of nitrogens with one attached hydrogen (secondary N) is 1. The number of aromatic nitrogens is 1. The number of ether oxygens (including phenoxy) is 1. The molecular weight excluding hydrogens is 308 g/mol. The lowest BCUT2D eigenvalue weighted by Gasteiger charge is -2.31. The number of carboxylic acid groups (broad SMARTS) is 1. The van der Waals surface area contributed by atoms with Crippen molar-refractivity contribution in [2.45, 2.75) is 19.4 Å². The third-order valence-electron chi connectivity index (χ3n) is 4.16. The van der Waals surface area contributed by atoms with E-state index in [0.29, 0.717) is 31.0 Å². The van der Waals surface area contributed by atoms with Crippen molar-refractivity contribution in [1.82, 2.24) is 4.98 Å². The molecule has 1 heterocycles. The van der Waals surface area contributed by atoms with Crippen LogP contribution in [0.5, 0.6) is 5.88 Å². The maximum Gasteiger partial charge on any atom is 0.307 e. The van der Waals surface area contributed by atoms with Gasteiger partial charge in [-0.15, -0.1) is 0 Å². The molecule has 1 saturated carbocycles. The molecule has 0 saturated heterocycles.